The van der Waals surface area contributed by atoms with E-state index in [9.17, 15) is 19.1 Å². The van der Waals surface area contributed by atoms with E-state index in [1.54, 1.807) is 36.4 Å². The Hall–Kier alpha value is -3.14. The summed E-state index contributed by atoms with van der Waals surface area (Å²) < 4.78 is 15.3. The number of aryl methyl sites for hydroxylation is 1. The molecule has 5 rings (SSSR count). The van der Waals surface area contributed by atoms with Crippen LogP contribution in [-0.2, 0) is 9.59 Å². The first-order chi connectivity index (χ1) is 16.3. The minimum atomic E-state index is -1.02. The number of carbonyl (C=O) groups excluding carboxylic acids is 2. The molecule has 1 saturated heterocycles. The molecule has 0 bridgehead atoms. The van der Waals surface area contributed by atoms with E-state index >= 15 is 0 Å². The Labute approximate surface area is 210 Å². The van der Waals surface area contributed by atoms with Gasteiger partial charge in [0.05, 0.1) is 26.5 Å². The number of hydrogen-bond acceptors (Lipinski definition) is 6. The first-order valence-electron chi connectivity index (χ1n) is 10.0. The number of aromatic nitrogens is 2. The predicted octanol–water partition coefficient (Wildman–Crippen LogP) is 6.18. The van der Waals surface area contributed by atoms with Gasteiger partial charge in [0.25, 0.3) is 5.78 Å². The lowest BCUT2D eigenvalue weighted by molar-refractivity contribution is -0.132. The lowest BCUT2D eigenvalue weighted by atomic mass is 9.98. The molecular formula is C24H14BrClFN3O3S. The zero-order valence-electron chi connectivity index (χ0n) is 17.4. The Morgan fingerprint density at radius 2 is 2.00 bits per heavy atom. The third-order valence-electron chi connectivity index (χ3n) is 5.47. The second kappa shape index (κ2) is 8.57. The van der Waals surface area contributed by atoms with Crippen molar-refractivity contribution in [1.82, 2.24) is 9.97 Å². The number of hydrogen-bond donors (Lipinski definition) is 1. The minimum Gasteiger partial charge on any atom is -0.507 e. The van der Waals surface area contributed by atoms with Crippen molar-refractivity contribution in [3.8, 4) is 0 Å². The van der Waals surface area contributed by atoms with Gasteiger partial charge in [0.15, 0.2) is 5.13 Å². The molecule has 10 heteroatoms. The molecule has 0 radical (unpaired) electrons. The predicted molar refractivity (Wildman–Crippen MR) is 132 cm³/mol. The summed E-state index contributed by atoms with van der Waals surface area (Å²) in [6, 6.07) is 11.8. The first kappa shape index (κ1) is 22.6. The van der Waals surface area contributed by atoms with Crippen LogP contribution < -0.4 is 4.90 Å². The Kier molecular flexibility index (Phi) is 5.71. The monoisotopic (exact) mass is 557 g/mol. The first-order valence-corrected chi connectivity index (χ1v) is 12.0. The van der Waals surface area contributed by atoms with E-state index in [-0.39, 0.29) is 21.5 Å². The van der Waals surface area contributed by atoms with Gasteiger partial charge in [-0.25, -0.2) is 9.37 Å². The van der Waals surface area contributed by atoms with Crippen molar-refractivity contribution in [2.75, 3.05) is 4.90 Å². The number of fused-ring (bicyclic) bond motifs is 1. The average Bonchev–Trinajstić information content (AvgIpc) is 3.33. The fourth-order valence-corrected chi connectivity index (χ4v) is 5.21. The van der Waals surface area contributed by atoms with Crippen LogP contribution >= 0.6 is 38.9 Å². The molecule has 0 saturated carbocycles. The van der Waals surface area contributed by atoms with Crippen LogP contribution in [0.5, 0.6) is 0 Å². The van der Waals surface area contributed by atoms with Crippen LogP contribution in [0.1, 0.15) is 22.9 Å². The Balaban J connectivity index is 1.73. The summed E-state index contributed by atoms with van der Waals surface area (Å²) in [5, 5.41) is 11.3. The Morgan fingerprint density at radius 1 is 1.21 bits per heavy atom. The number of rotatable bonds is 3. The molecule has 1 aliphatic heterocycles. The third-order valence-corrected chi connectivity index (χ3v) is 7.67. The number of ketones is 1. The minimum absolute atomic E-state index is 0.0988. The van der Waals surface area contributed by atoms with E-state index in [2.05, 4.69) is 25.9 Å². The summed E-state index contributed by atoms with van der Waals surface area (Å²) in [7, 11) is 0. The quantitative estimate of drug-likeness (QED) is 0.184. The Morgan fingerprint density at radius 3 is 2.71 bits per heavy atom. The van der Waals surface area contributed by atoms with Gasteiger partial charge in [0, 0.05) is 16.2 Å². The van der Waals surface area contributed by atoms with Gasteiger partial charge in [-0.1, -0.05) is 51.0 Å². The fraction of sp³-hybridized carbons (Fsp3) is 0.0833. The second-order valence-corrected chi connectivity index (χ2v) is 9.89. The maximum Gasteiger partial charge on any atom is 0.301 e. The van der Waals surface area contributed by atoms with Gasteiger partial charge < -0.3 is 5.11 Å². The summed E-state index contributed by atoms with van der Waals surface area (Å²) in [6.07, 6.45) is 1.53. The zero-order valence-corrected chi connectivity index (χ0v) is 20.6. The lowest BCUT2D eigenvalue weighted by Crippen LogP contribution is -2.29. The second-order valence-electron chi connectivity index (χ2n) is 7.62. The molecule has 1 fully saturated rings. The summed E-state index contributed by atoms with van der Waals surface area (Å²) in [6.45, 7) is 1.85. The maximum atomic E-state index is 14.0. The van der Waals surface area contributed by atoms with Crippen LogP contribution in [0.25, 0.3) is 16.0 Å². The van der Waals surface area contributed by atoms with Crippen LogP contribution in [0.15, 0.2) is 64.8 Å². The average molecular weight is 559 g/mol. The number of Topliss-reactive ketones (excluding diaryl/α,β-unsaturated/α-hetero) is 1. The molecule has 0 spiro atoms. The van der Waals surface area contributed by atoms with Crippen molar-refractivity contribution < 1.29 is 19.1 Å². The highest BCUT2D eigenvalue weighted by Gasteiger charge is 2.48. The number of pyridine rings is 1. The molecule has 170 valence electrons. The van der Waals surface area contributed by atoms with Crippen LogP contribution in [0.4, 0.5) is 9.52 Å². The fourth-order valence-electron chi connectivity index (χ4n) is 3.81. The highest BCUT2D eigenvalue weighted by molar-refractivity contribution is 9.10. The van der Waals surface area contributed by atoms with E-state index in [1.165, 1.54) is 23.2 Å². The van der Waals surface area contributed by atoms with Gasteiger partial charge in [-0.2, -0.15) is 0 Å². The largest absolute Gasteiger partial charge is 0.507 e. The molecule has 4 aromatic rings. The normalized spacial score (nSPS) is 17.6. The SMILES string of the molecule is Cc1cc(/C(O)=C2\C(=O)C(=O)N(c3nc4cc(Cl)c(F)cc4s3)C2c2ccccn2)ccc1Br. The number of nitrogens with zero attached hydrogens (tertiary/aromatic N) is 3. The number of amides is 1. The molecule has 1 N–H and O–H groups in total. The molecule has 0 aliphatic carbocycles. The summed E-state index contributed by atoms with van der Waals surface area (Å²) in [4.78, 5) is 36.4. The molecule has 1 atom stereocenters. The summed E-state index contributed by atoms with van der Waals surface area (Å²) in [5.74, 6) is -2.66. The molecule has 2 aromatic carbocycles. The van der Waals surface area contributed by atoms with Crippen molar-refractivity contribution in [3.05, 3.63) is 92.4 Å². The van der Waals surface area contributed by atoms with Crippen molar-refractivity contribution >= 4 is 71.7 Å². The van der Waals surface area contributed by atoms with E-state index in [4.69, 9.17) is 11.6 Å². The van der Waals surface area contributed by atoms with Gasteiger partial charge in [-0.15, -0.1) is 0 Å². The van der Waals surface area contributed by atoms with E-state index in [1.807, 2.05) is 6.92 Å². The molecule has 3 heterocycles. The summed E-state index contributed by atoms with van der Waals surface area (Å²) >= 11 is 10.4. The molecule has 34 heavy (non-hydrogen) atoms. The standard InChI is InChI=1S/C24H14BrClFN3O3S/c1-11-8-12(5-6-13(11)25)21(31)19-20(16-4-2-3-7-28-16)30(23(33)22(19)32)24-29-17-9-14(26)15(27)10-18(17)34-24/h2-10,20,31H,1H3/b21-19+. The molecule has 1 amide bonds. The number of halogens is 3. The van der Waals surface area contributed by atoms with Crippen LogP contribution in [0.3, 0.4) is 0 Å². The van der Waals surface area contributed by atoms with E-state index in [0.29, 0.717) is 21.5 Å². The highest BCUT2D eigenvalue weighted by atomic mass is 79.9. The maximum absolute atomic E-state index is 14.0. The zero-order chi connectivity index (χ0) is 24.1. The number of aliphatic hydroxyl groups excluding tert-OH is 1. The highest BCUT2D eigenvalue weighted by Crippen LogP contribution is 2.44. The molecule has 1 aliphatic rings. The molecule has 6 nitrogen and oxygen atoms in total. The summed E-state index contributed by atoms with van der Waals surface area (Å²) in [5.41, 5.74) is 1.89. The van der Waals surface area contributed by atoms with E-state index in [0.717, 1.165) is 21.4 Å². The van der Waals surface area contributed by atoms with Gasteiger partial charge in [-0.05, 0) is 48.9 Å². The van der Waals surface area contributed by atoms with Crippen molar-refractivity contribution in [2.24, 2.45) is 0 Å². The van der Waals surface area contributed by atoms with Crippen LogP contribution in [0.2, 0.25) is 5.02 Å². The molecular weight excluding hydrogens is 545 g/mol. The third kappa shape index (κ3) is 3.70. The van der Waals surface area contributed by atoms with Crippen molar-refractivity contribution in [2.45, 2.75) is 13.0 Å². The topological polar surface area (TPSA) is 83.4 Å². The van der Waals surface area contributed by atoms with Crippen molar-refractivity contribution in [3.63, 3.8) is 0 Å². The number of aliphatic hydroxyl groups is 1. The Bertz CT molecular complexity index is 1480. The number of carbonyl (C=O) groups is 2. The van der Waals surface area contributed by atoms with Gasteiger partial charge in [-0.3, -0.25) is 19.5 Å². The van der Waals surface area contributed by atoms with Gasteiger partial charge in [0.2, 0.25) is 0 Å². The van der Waals surface area contributed by atoms with Gasteiger partial charge >= 0.3 is 5.91 Å². The van der Waals surface area contributed by atoms with E-state index < -0.39 is 23.5 Å². The van der Waals surface area contributed by atoms with Crippen molar-refractivity contribution in [1.29, 1.82) is 0 Å². The molecule has 2 aromatic heterocycles. The van der Waals surface area contributed by atoms with Crippen LogP contribution in [-0.4, -0.2) is 26.8 Å². The number of anilines is 1. The number of thiazole rings is 1. The van der Waals surface area contributed by atoms with Gasteiger partial charge in [0.1, 0.15) is 17.6 Å². The lowest BCUT2D eigenvalue weighted by Gasteiger charge is -2.22. The van der Waals surface area contributed by atoms with Crippen LogP contribution in [0, 0.1) is 12.7 Å². The number of benzene rings is 2. The smallest absolute Gasteiger partial charge is 0.301 e. The molecule has 1 unspecified atom stereocenters.